The Morgan fingerprint density at radius 1 is 1.06 bits per heavy atom. The van der Waals surface area contributed by atoms with Crippen molar-refractivity contribution in [2.45, 2.75) is 12.6 Å². The molecule has 2 aliphatic rings. The molecule has 0 bridgehead atoms. The van der Waals surface area contributed by atoms with Crippen molar-refractivity contribution < 1.29 is 9.53 Å². The second kappa shape index (κ2) is 8.57. The lowest BCUT2D eigenvalue weighted by Gasteiger charge is -2.43. The van der Waals surface area contributed by atoms with Crippen molar-refractivity contribution in [3.05, 3.63) is 83.6 Å². The maximum absolute atomic E-state index is 12.6. The highest BCUT2D eigenvalue weighted by molar-refractivity contribution is 6.30. The molecule has 2 aliphatic heterocycles. The summed E-state index contributed by atoms with van der Waals surface area (Å²) in [6.45, 7) is 3.52. The lowest BCUT2D eigenvalue weighted by molar-refractivity contribution is 0.0919. The zero-order valence-electron chi connectivity index (χ0n) is 16.9. The molecule has 2 atom stereocenters. The molecule has 5 rings (SSSR count). The van der Waals surface area contributed by atoms with E-state index in [9.17, 15) is 4.79 Å². The van der Waals surface area contributed by atoms with Gasteiger partial charge >= 0.3 is 6.03 Å². The van der Waals surface area contributed by atoms with Crippen molar-refractivity contribution in [2.24, 2.45) is 5.92 Å². The first-order chi connectivity index (χ1) is 15.1. The molecule has 3 heterocycles. The number of hydrogen-bond acceptors (Lipinski definition) is 4. The molecule has 2 aromatic carbocycles. The molecule has 3 aromatic rings. The number of likely N-dealkylation sites (tertiary alicyclic amines) is 2. The summed E-state index contributed by atoms with van der Waals surface area (Å²) in [5, 5.41) is 3.62. The SMILES string of the molecule is O=C(Nc1cccnc1)N1CC2CN(Cc3cccc(Oc4ccc(Cl)cc4)c3)CC21. The Morgan fingerprint density at radius 2 is 1.94 bits per heavy atom. The fourth-order valence-electron chi connectivity index (χ4n) is 4.32. The minimum absolute atomic E-state index is 0.0468. The minimum Gasteiger partial charge on any atom is -0.457 e. The van der Waals surface area contributed by atoms with Gasteiger partial charge in [0.15, 0.2) is 0 Å². The Balaban J connectivity index is 1.17. The molecule has 6 nitrogen and oxygen atoms in total. The Labute approximate surface area is 186 Å². The number of benzene rings is 2. The Kier molecular flexibility index (Phi) is 5.49. The number of nitrogens with zero attached hydrogens (tertiary/aromatic N) is 3. The summed E-state index contributed by atoms with van der Waals surface area (Å²) >= 11 is 5.94. The summed E-state index contributed by atoms with van der Waals surface area (Å²) in [6.07, 6.45) is 3.36. The molecule has 1 aromatic heterocycles. The van der Waals surface area contributed by atoms with Gasteiger partial charge in [-0.1, -0.05) is 23.7 Å². The maximum Gasteiger partial charge on any atom is 0.322 e. The molecule has 0 saturated carbocycles. The largest absolute Gasteiger partial charge is 0.457 e. The molecule has 1 N–H and O–H groups in total. The van der Waals surface area contributed by atoms with Gasteiger partial charge in [0.05, 0.1) is 17.9 Å². The molecule has 0 radical (unpaired) electrons. The predicted molar refractivity (Wildman–Crippen MR) is 120 cm³/mol. The summed E-state index contributed by atoms with van der Waals surface area (Å²) in [7, 11) is 0. The van der Waals surface area contributed by atoms with Gasteiger partial charge < -0.3 is 15.0 Å². The van der Waals surface area contributed by atoms with E-state index in [-0.39, 0.29) is 12.1 Å². The third kappa shape index (κ3) is 4.50. The first-order valence-corrected chi connectivity index (χ1v) is 10.7. The monoisotopic (exact) mass is 434 g/mol. The zero-order chi connectivity index (χ0) is 21.2. The van der Waals surface area contributed by atoms with Crippen LogP contribution in [0.3, 0.4) is 0 Å². The molecule has 2 fully saturated rings. The number of carbonyl (C=O) groups is 1. The number of pyridine rings is 1. The standard InChI is InChI=1S/C24H23ClN4O2/c25-19-6-8-21(9-7-19)31-22-5-1-3-17(11-22)13-28-14-18-15-29(23(18)16-28)24(30)27-20-4-2-10-26-12-20/h1-12,18,23H,13-16H2,(H,27,30). The Hall–Kier alpha value is -3.09. The van der Waals surface area contributed by atoms with Gasteiger partial charge in [0.25, 0.3) is 0 Å². The Bertz CT molecular complexity index is 1060. The average molecular weight is 435 g/mol. The first kappa shape index (κ1) is 19.8. The molecule has 7 heteroatoms. The number of amides is 2. The van der Waals surface area contributed by atoms with Crippen LogP contribution in [0.1, 0.15) is 5.56 Å². The van der Waals surface area contributed by atoms with Crippen LogP contribution in [0.25, 0.3) is 0 Å². The van der Waals surface area contributed by atoms with Crippen LogP contribution in [0.4, 0.5) is 10.5 Å². The minimum atomic E-state index is -0.0468. The number of aromatic nitrogens is 1. The van der Waals surface area contributed by atoms with Crippen LogP contribution < -0.4 is 10.1 Å². The summed E-state index contributed by atoms with van der Waals surface area (Å²) in [5.41, 5.74) is 1.92. The summed E-state index contributed by atoms with van der Waals surface area (Å²) in [4.78, 5) is 21.0. The van der Waals surface area contributed by atoms with Gasteiger partial charge in [-0.3, -0.25) is 9.88 Å². The molecule has 31 heavy (non-hydrogen) atoms. The number of hydrogen-bond donors (Lipinski definition) is 1. The zero-order valence-corrected chi connectivity index (χ0v) is 17.7. The van der Waals surface area contributed by atoms with Gasteiger partial charge in [-0.05, 0) is 54.1 Å². The van der Waals surface area contributed by atoms with Crippen molar-refractivity contribution in [3.8, 4) is 11.5 Å². The number of rotatable bonds is 5. The van der Waals surface area contributed by atoms with E-state index >= 15 is 0 Å². The highest BCUT2D eigenvalue weighted by atomic mass is 35.5. The van der Waals surface area contributed by atoms with E-state index in [0.717, 1.165) is 43.4 Å². The summed E-state index contributed by atoms with van der Waals surface area (Å²) in [6, 6.07) is 19.4. The topological polar surface area (TPSA) is 57.7 Å². The van der Waals surface area contributed by atoms with Gasteiger partial charge in [-0.25, -0.2) is 4.79 Å². The van der Waals surface area contributed by atoms with Gasteiger partial charge in [0.1, 0.15) is 11.5 Å². The van der Waals surface area contributed by atoms with Crippen LogP contribution in [-0.4, -0.2) is 46.5 Å². The lowest BCUT2D eigenvalue weighted by atomic mass is 9.93. The molecule has 2 amide bonds. The van der Waals surface area contributed by atoms with Crippen molar-refractivity contribution in [2.75, 3.05) is 25.0 Å². The highest BCUT2D eigenvalue weighted by Crippen LogP contribution is 2.34. The number of nitrogens with one attached hydrogen (secondary N) is 1. The first-order valence-electron chi connectivity index (χ1n) is 10.4. The van der Waals surface area contributed by atoms with Crippen LogP contribution in [-0.2, 0) is 6.54 Å². The van der Waals surface area contributed by atoms with Gasteiger partial charge in [-0.15, -0.1) is 0 Å². The van der Waals surface area contributed by atoms with E-state index in [4.69, 9.17) is 16.3 Å². The third-order valence-electron chi connectivity index (χ3n) is 5.84. The summed E-state index contributed by atoms with van der Waals surface area (Å²) < 4.78 is 5.95. The van der Waals surface area contributed by atoms with E-state index in [1.165, 1.54) is 5.56 Å². The van der Waals surface area contributed by atoms with Crippen LogP contribution in [0.2, 0.25) is 5.02 Å². The average Bonchev–Trinajstić information content (AvgIpc) is 3.06. The predicted octanol–water partition coefficient (Wildman–Crippen LogP) is 4.88. The second-order valence-corrected chi connectivity index (χ2v) is 8.49. The summed E-state index contributed by atoms with van der Waals surface area (Å²) in [5.74, 6) is 2.10. The molecular weight excluding hydrogens is 412 g/mol. The van der Waals surface area contributed by atoms with Crippen LogP contribution >= 0.6 is 11.6 Å². The van der Waals surface area contributed by atoms with Crippen LogP contribution in [0, 0.1) is 5.92 Å². The van der Waals surface area contributed by atoms with Crippen molar-refractivity contribution >= 4 is 23.3 Å². The fourth-order valence-corrected chi connectivity index (χ4v) is 4.45. The van der Waals surface area contributed by atoms with Gasteiger partial charge in [0.2, 0.25) is 0 Å². The normalized spacial score (nSPS) is 20.1. The molecule has 158 valence electrons. The van der Waals surface area contributed by atoms with Crippen LogP contribution in [0.15, 0.2) is 73.1 Å². The van der Waals surface area contributed by atoms with Gasteiger partial charge in [0, 0.05) is 43.3 Å². The van der Waals surface area contributed by atoms with Crippen molar-refractivity contribution in [3.63, 3.8) is 0 Å². The molecule has 2 saturated heterocycles. The van der Waals surface area contributed by atoms with Crippen molar-refractivity contribution in [1.29, 1.82) is 0 Å². The number of carbonyl (C=O) groups excluding carboxylic acids is 1. The number of anilines is 1. The van der Waals surface area contributed by atoms with E-state index in [2.05, 4.69) is 27.3 Å². The molecule has 0 spiro atoms. The third-order valence-corrected chi connectivity index (χ3v) is 6.09. The van der Waals surface area contributed by atoms with E-state index in [1.54, 1.807) is 12.4 Å². The molecule has 0 aliphatic carbocycles. The quantitative estimate of drug-likeness (QED) is 0.622. The number of ether oxygens (including phenoxy) is 1. The number of halogens is 1. The van der Waals surface area contributed by atoms with Gasteiger partial charge in [-0.2, -0.15) is 0 Å². The van der Waals surface area contributed by atoms with Crippen molar-refractivity contribution in [1.82, 2.24) is 14.8 Å². The smallest absolute Gasteiger partial charge is 0.322 e. The fraction of sp³-hybridized carbons (Fsp3) is 0.250. The lowest BCUT2D eigenvalue weighted by Crippen LogP contribution is -2.59. The Morgan fingerprint density at radius 3 is 2.74 bits per heavy atom. The highest BCUT2D eigenvalue weighted by Gasteiger charge is 2.47. The molecule has 2 unspecified atom stereocenters. The van der Waals surface area contributed by atoms with E-state index in [1.807, 2.05) is 53.4 Å². The second-order valence-electron chi connectivity index (χ2n) is 8.05. The molecular formula is C24H23ClN4O2. The van der Waals surface area contributed by atoms with Crippen LogP contribution in [0.5, 0.6) is 11.5 Å². The van der Waals surface area contributed by atoms with E-state index in [0.29, 0.717) is 10.9 Å². The number of urea groups is 1. The maximum atomic E-state index is 12.6. The van der Waals surface area contributed by atoms with E-state index < -0.39 is 0 Å². The number of fused-ring (bicyclic) bond motifs is 1.